The molecule has 0 aromatic rings. The molecule has 0 saturated heterocycles. The molecule has 0 saturated carbocycles. The van der Waals surface area contributed by atoms with E-state index in [1.807, 2.05) is 0 Å². The molecule has 2 nitrogen and oxygen atoms in total. The molecule has 0 aliphatic rings. The second-order valence-electron chi connectivity index (χ2n) is 6.27. The average Bonchev–Trinajstić information content (AvgIpc) is 2.48. The zero-order valence-electron chi connectivity index (χ0n) is 14.8. The standard InChI is InChI=1S/C19H38O2/c1-4-7-10-12-13-16-18(15-9-6-3)21-19(20)17-14-11-8-5-2/h18H,4-17H2,1-3H3. The lowest BCUT2D eigenvalue weighted by Crippen LogP contribution is -2.18. The molecular formula is C19H38O2. The van der Waals surface area contributed by atoms with Crippen LogP contribution in [0.3, 0.4) is 0 Å². The van der Waals surface area contributed by atoms with Crippen molar-refractivity contribution >= 4 is 5.97 Å². The van der Waals surface area contributed by atoms with E-state index in [9.17, 15) is 4.79 Å². The van der Waals surface area contributed by atoms with Gasteiger partial charge in [0.05, 0.1) is 0 Å². The first-order valence-corrected chi connectivity index (χ1v) is 9.44. The molecule has 0 spiro atoms. The molecule has 0 heterocycles. The van der Waals surface area contributed by atoms with E-state index >= 15 is 0 Å². The van der Waals surface area contributed by atoms with Crippen molar-refractivity contribution in [3.8, 4) is 0 Å². The van der Waals surface area contributed by atoms with Gasteiger partial charge in [-0.3, -0.25) is 4.79 Å². The molecule has 1 unspecified atom stereocenters. The Kier molecular flexibility index (Phi) is 15.5. The summed E-state index contributed by atoms with van der Waals surface area (Å²) in [4.78, 5) is 11.9. The summed E-state index contributed by atoms with van der Waals surface area (Å²) in [5.41, 5.74) is 0. The molecule has 0 fully saturated rings. The Morgan fingerprint density at radius 3 is 1.86 bits per heavy atom. The molecule has 21 heavy (non-hydrogen) atoms. The van der Waals surface area contributed by atoms with Crippen LogP contribution in [0.15, 0.2) is 0 Å². The minimum Gasteiger partial charge on any atom is -0.462 e. The first kappa shape index (κ1) is 20.5. The molecule has 126 valence electrons. The molecule has 0 aromatic heterocycles. The molecule has 0 amide bonds. The van der Waals surface area contributed by atoms with Crippen molar-refractivity contribution in [3.05, 3.63) is 0 Å². The molecule has 0 N–H and O–H groups in total. The number of unbranched alkanes of at least 4 members (excludes halogenated alkanes) is 8. The van der Waals surface area contributed by atoms with Gasteiger partial charge < -0.3 is 4.74 Å². The predicted molar refractivity (Wildman–Crippen MR) is 91.5 cm³/mol. The first-order chi connectivity index (χ1) is 10.2. The van der Waals surface area contributed by atoms with Crippen molar-refractivity contribution in [1.29, 1.82) is 0 Å². The number of hydrogen-bond acceptors (Lipinski definition) is 2. The van der Waals surface area contributed by atoms with Crippen LogP contribution in [-0.2, 0) is 9.53 Å². The van der Waals surface area contributed by atoms with Crippen LogP contribution in [0.4, 0.5) is 0 Å². The molecule has 0 rings (SSSR count). The van der Waals surface area contributed by atoms with Gasteiger partial charge in [0.2, 0.25) is 0 Å². The van der Waals surface area contributed by atoms with Crippen LogP contribution in [-0.4, -0.2) is 12.1 Å². The maximum atomic E-state index is 11.9. The molecule has 0 radical (unpaired) electrons. The lowest BCUT2D eigenvalue weighted by atomic mass is 10.0. The van der Waals surface area contributed by atoms with E-state index in [-0.39, 0.29) is 12.1 Å². The second kappa shape index (κ2) is 15.9. The van der Waals surface area contributed by atoms with Gasteiger partial charge in [-0.1, -0.05) is 78.6 Å². The van der Waals surface area contributed by atoms with E-state index in [1.165, 1.54) is 57.8 Å². The van der Waals surface area contributed by atoms with Gasteiger partial charge in [0, 0.05) is 6.42 Å². The van der Waals surface area contributed by atoms with Gasteiger partial charge in [-0.25, -0.2) is 0 Å². The minimum atomic E-state index is 0.0285. The van der Waals surface area contributed by atoms with Crippen molar-refractivity contribution in [2.75, 3.05) is 0 Å². The highest BCUT2D eigenvalue weighted by Crippen LogP contribution is 2.16. The Labute approximate surface area is 133 Å². The topological polar surface area (TPSA) is 26.3 Å². The van der Waals surface area contributed by atoms with Crippen LogP contribution in [0.1, 0.15) is 111 Å². The maximum absolute atomic E-state index is 11.9. The summed E-state index contributed by atoms with van der Waals surface area (Å²) >= 11 is 0. The summed E-state index contributed by atoms with van der Waals surface area (Å²) in [6, 6.07) is 0. The van der Waals surface area contributed by atoms with E-state index in [2.05, 4.69) is 20.8 Å². The van der Waals surface area contributed by atoms with Crippen LogP contribution in [0, 0.1) is 0 Å². The fourth-order valence-electron chi connectivity index (χ4n) is 2.61. The minimum absolute atomic E-state index is 0.0285. The summed E-state index contributed by atoms with van der Waals surface area (Å²) in [5.74, 6) is 0.0285. The fraction of sp³-hybridized carbons (Fsp3) is 0.947. The van der Waals surface area contributed by atoms with Gasteiger partial charge >= 0.3 is 5.97 Å². The lowest BCUT2D eigenvalue weighted by Gasteiger charge is -2.18. The van der Waals surface area contributed by atoms with Gasteiger partial charge in [-0.2, -0.15) is 0 Å². The van der Waals surface area contributed by atoms with Crippen molar-refractivity contribution < 1.29 is 9.53 Å². The molecule has 0 bridgehead atoms. The summed E-state index contributed by atoms with van der Waals surface area (Å²) < 4.78 is 5.70. The van der Waals surface area contributed by atoms with Gasteiger partial charge in [0.1, 0.15) is 6.10 Å². The van der Waals surface area contributed by atoms with Crippen molar-refractivity contribution in [1.82, 2.24) is 0 Å². The van der Waals surface area contributed by atoms with Gasteiger partial charge in [0.25, 0.3) is 0 Å². The SMILES string of the molecule is CCCCCCCC(CCCC)OC(=O)CCCCCC. The highest BCUT2D eigenvalue weighted by atomic mass is 16.5. The Bertz CT molecular complexity index is 226. The number of hydrogen-bond donors (Lipinski definition) is 0. The summed E-state index contributed by atoms with van der Waals surface area (Å²) in [6.45, 7) is 6.63. The van der Waals surface area contributed by atoms with Crippen molar-refractivity contribution in [2.24, 2.45) is 0 Å². The second-order valence-corrected chi connectivity index (χ2v) is 6.27. The fourth-order valence-corrected chi connectivity index (χ4v) is 2.61. The van der Waals surface area contributed by atoms with Crippen molar-refractivity contribution in [3.63, 3.8) is 0 Å². The van der Waals surface area contributed by atoms with E-state index < -0.39 is 0 Å². The van der Waals surface area contributed by atoms with E-state index in [4.69, 9.17) is 4.74 Å². The van der Waals surface area contributed by atoms with Crippen LogP contribution in [0.2, 0.25) is 0 Å². The molecule has 0 aromatic carbocycles. The van der Waals surface area contributed by atoms with E-state index in [1.54, 1.807) is 0 Å². The Morgan fingerprint density at radius 1 is 0.714 bits per heavy atom. The molecule has 1 atom stereocenters. The molecular weight excluding hydrogens is 260 g/mol. The third-order valence-electron chi connectivity index (χ3n) is 4.04. The van der Waals surface area contributed by atoms with Crippen LogP contribution >= 0.6 is 0 Å². The van der Waals surface area contributed by atoms with Gasteiger partial charge in [-0.15, -0.1) is 0 Å². The first-order valence-electron chi connectivity index (χ1n) is 9.44. The molecule has 0 aliphatic carbocycles. The lowest BCUT2D eigenvalue weighted by molar-refractivity contribution is -0.150. The van der Waals surface area contributed by atoms with Gasteiger partial charge in [-0.05, 0) is 25.7 Å². The third-order valence-corrected chi connectivity index (χ3v) is 4.04. The Hall–Kier alpha value is -0.530. The zero-order valence-corrected chi connectivity index (χ0v) is 14.8. The quantitative estimate of drug-likeness (QED) is 0.257. The van der Waals surface area contributed by atoms with Crippen LogP contribution < -0.4 is 0 Å². The van der Waals surface area contributed by atoms with Crippen molar-refractivity contribution in [2.45, 2.75) is 117 Å². The monoisotopic (exact) mass is 298 g/mol. The molecule has 2 heteroatoms. The van der Waals surface area contributed by atoms with Crippen LogP contribution in [0.25, 0.3) is 0 Å². The summed E-state index contributed by atoms with van der Waals surface area (Å²) in [7, 11) is 0. The normalized spacial score (nSPS) is 12.3. The number of carbonyl (C=O) groups is 1. The Morgan fingerprint density at radius 2 is 1.24 bits per heavy atom. The van der Waals surface area contributed by atoms with E-state index in [0.29, 0.717) is 6.42 Å². The number of ether oxygens (including phenoxy) is 1. The average molecular weight is 299 g/mol. The molecule has 0 aliphatic heterocycles. The highest BCUT2D eigenvalue weighted by molar-refractivity contribution is 5.69. The smallest absolute Gasteiger partial charge is 0.306 e. The van der Waals surface area contributed by atoms with Crippen LogP contribution in [0.5, 0.6) is 0 Å². The zero-order chi connectivity index (χ0) is 15.8. The predicted octanol–water partition coefficient (Wildman–Crippen LogP) is 6.42. The maximum Gasteiger partial charge on any atom is 0.306 e. The number of esters is 1. The summed E-state index contributed by atoms with van der Waals surface area (Å²) in [6.07, 6.45) is 16.2. The summed E-state index contributed by atoms with van der Waals surface area (Å²) in [5, 5.41) is 0. The number of carbonyl (C=O) groups excluding carboxylic acids is 1. The highest BCUT2D eigenvalue weighted by Gasteiger charge is 2.13. The van der Waals surface area contributed by atoms with Gasteiger partial charge in [0.15, 0.2) is 0 Å². The number of rotatable bonds is 15. The van der Waals surface area contributed by atoms with E-state index in [0.717, 1.165) is 25.7 Å². The Balaban J connectivity index is 3.84. The third kappa shape index (κ3) is 14.2. The largest absolute Gasteiger partial charge is 0.462 e.